The van der Waals surface area contributed by atoms with Crippen LogP contribution in [0.2, 0.25) is 5.02 Å². The zero-order valence-electron chi connectivity index (χ0n) is 19.2. The fourth-order valence-corrected chi connectivity index (χ4v) is 6.10. The molecule has 0 N–H and O–H groups in total. The molecular weight excluding hydrogens is 480 g/mol. The minimum atomic E-state index is 0.734. The molecule has 0 unspecified atom stereocenters. The molecule has 2 heterocycles. The number of nitrogens with zero attached hydrogens (tertiary/aromatic N) is 2. The normalized spacial score (nSPS) is 11.5. The Bertz CT molecular complexity index is 1900. The first kappa shape index (κ1) is 21.3. The van der Waals surface area contributed by atoms with E-state index >= 15 is 0 Å². The molecule has 0 spiro atoms. The molecule has 4 heteroatoms. The fourth-order valence-electron chi connectivity index (χ4n) is 4.82. The summed E-state index contributed by atoms with van der Waals surface area (Å²) in [6.45, 7) is 0. The van der Waals surface area contributed by atoms with Crippen molar-refractivity contribution >= 4 is 54.0 Å². The summed E-state index contributed by atoms with van der Waals surface area (Å²) in [7, 11) is 0. The van der Waals surface area contributed by atoms with Gasteiger partial charge in [-0.25, -0.2) is 9.97 Å². The Morgan fingerprint density at radius 2 is 1.31 bits per heavy atom. The summed E-state index contributed by atoms with van der Waals surface area (Å²) in [4.78, 5) is 10.4. The van der Waals surface area contributed by atoms with E-state index in [1.165, 1.54) is 10.1 Å². The van der Waals surface area contributed by atoms with Crippen LogP contribution in [-0.4, -0.2) is 9.97 Å². The first-order chi connectivity index (χ1) is 17.7. The van der Waals surface area contributed by atoms with Crippen LogP contribution in [0.1, 0.15) is 0 Å². The van der Waals surface area contributed by atoms with Gasteiger partial charge in [0.1, 0.15) is 0 Å². The van der Waals surface area contributed by atoms with Gasteiger partial charge in [0, 0.05) is 26.2 Å². The third-order valence-electron chi connectivity index (χ3n) is 6.56. The lowest BCUT2D eigenvalue weighted by Gasteiger charge is -2.10. The molecule has 2 nitrogen and oxygen atoms in total. The largest absolute Gasteiger partial charge is 0.226 e. The van der Waals surface area contributed by atoms with Crippen molar-refractivity contribution < 1.29 is 0 Å². The maximum absolute atomic E-state index is 6.13. The minimum absolute atomic E-state index is 0.734. The number of hydrogen-bond donors (Lipinski definition) is 0. The van der Waals surface area contributed by atoms with Crippen LogP contribution in [-0.2, 0) is 0 Å². The SMILES string of the molecule is Clc1ccc(-c2cccc(-c3nc(-c4cccc5ccccc45)nc4c3sc3ccccc34)c2)cc1. The molecule has 0 aliphatic heterocycles. The fraction of sp³-hybridized carbons (Fsp3) is 0. The Morgan fingerprint density at radius 1 is 0.583 bits per heavy atom. The minimum Gasteiger partial charge on any atom is -0.226 e. The van der Waals surface area contributed by atoms with Crippen LogP contribution in [0.3, 0.4) is 0 Å². The van der Waals surface area contributed by atoms with Gasteiger partial charge in [0.15, 0.2) is 5.82 Å². The van der Waals surface area contributed by atoms with Gasteiger partial charge in [-0.3, -0.25) is 0 Å². The van der Waals surface area contributed by atoms with E-state index in [1.54, 1.807) is 11.3 Å². The van der Waals surface area contributed by atoms with Crippen molar-refractivity contribution in [2.75, 3.05) is 0 Å². The molecule has 0 aliphatic carbocycles. The molecule has 0 saturated carbocycles. The van der Waals surface area contributed by atoms with Crippen LogP contribution in [0.4, 0.5) is 0 Å². The second-order valence-corrected chi connectivity index (χ2v) is 10.3. The lowest BCUT2D eigenvalue weighted by atomic mass is 10.0. The van der Waals surface area contributed by atoms with Gasteiger partial charge in [-0.2, -0.15) is 0 Å². The van der Waals surface area contributed by atoms with Crippen LogP contribution in [0.5, 0.6) is 0 Å². The Hall–Kier alpha value is -4.05. The summed E-state index contributed by atoms with van der Waals surface area (Å²) >= 11 is 7.88. The Kier molecular flexibility index (Phi) is 5.05. The number of fused-ring (bicyclic) bond motifs is 4. The summed E-state index contributed by atoms with van der Waals surface area (Å²) < 4.78 is 2.32. The highest BCUT2D eigenvalue weighted by Crippen LogP contribution is 2.40. The number of rotatable bonds is 3. The Balaban J connectivity index is 1.52. The summed E-state index contributed by atoms with van der Waals surface area (Å²) in [6, 6.07) is 39.7. The summed E-state index contributed by atoms with van der Waals surface area (Å²) in [5.74, 6) is 0.745. The molecule has 0 saturated heterocycles. The molecule has 0 aliphatic rings. The maximum Gasteiger partial charge on any atom is 0.161 e. The molecule has 0 bridgehead atoms. The van der Waals surface area contributed by atoms with Gasteiger partial charge < -0.3 is 0 Å². The van der Waals surface area contributed by atoms with Crippen molar-refractivity contribution in [3.63, 3.8) is 0 Å². The van der Waals surface area contributed by atoms with E-state index < -0.39 is 0 Å². The third-order valence-corrected chi connectivity index (χ3v) is 7.98. The molecular formula is C32H19ClN2S. The zero-order valence-corrected chi connectivity index (χ0v) is 20.7. The molecule has 2 aromatic heterocycles. The van der Waals surface area contributed by atoms with E-state index in [1.807, 2.05) is 12.1 Å². The number of halogens is 1. The lowest BCUT2D eigenvalue weighted by molar-refractivity contribution is 1.24. The van der Waals surface area contributed by atoms with Gasteiger partial charge in [-0.1, -0.05) is 103 Å². The molecule has 5 aromatic carbocycles. The highest BCUT2D eigenvalue weighted by molar-refractivity contribution is 7.26. The van der Waals surface area contributed by atoms with Gasteiger partial charge in [0.25, 0.3) is 0 Å². The van der Waals surface area contributed by atoms with E-state index in [9.17, 15) is 0 Å². The number of hydrogen-bond acceptors (Lipinski definition) is 3. The van der Waals surface area contributed by atoms with Gasteiger partial charge in [0.2, 0.25) is 0 Å². The van der Waals surface area contributed by atoms with Crippen molar-refractivity contribution in [3.8, 4) is 33.8 Å². The average Bonchev–Trinajstić information content (AvgIpc) is 3.31. The van der Waals surface area contributed by atoms with Gasteiger partial charge in [0.05, 0.1) is 15.9 Å². The summed E-state index contributed by atoms with van der Waals surface area (Å²) in [6.07, 6.45) is 0. The molecule has 0 radical (unpaired) electrons. The quantitative estimate of drug-likeness (QED) is 0.242. The van der Waals surface area contributed by atoms with E-state index in [0.29, 0.717) is 0 Å². The topological polar surface area (TPSA) is 25.8 Å². The van der Waals surface area contributed by atoms with Crippen LogP contribution in [0.15, 0.2) is 115 Å². The van der Waals surface area contributed by atoms with Crippen LogP contribution in [0.25, 0.3) is 64.8 Å². The summed E-state index contributed by atoms with van der Waals surface area (Å²) in [5.41, 5.74) is 6.32. The average molecular weight is 499 g/mol. The highest BCUT2D eigenvalue weighted by atomic mass is 35.5. The summed E-state index contributed by atoms with van der Waals surface area (Å²) in [5, 5.41) is 4.23. The molecule has 7 aromatic rings. The van der Waals surface area contributed by atoms with E-state index in [-0.39, 0.29) is 0 Å². The molecule has 7 rings (SSSR count). The number of aromatic nitrogens is 2. The number of thiophene rings is 1. The third kappa shape index (κ3) is 3.56. The standard InChI is InChI=1S/C32H19ClN2S/c33-24-17-15-20(16-18-24)22-9-5-10-23(19-22)29-31-30(27-12-3-4-14-28(27)36-31)35-32(34-29)26-13-6-8-21-7-1-2-11-25(21)26/h1-19H. The predicted octanol–water partition coefficient (Wildman–Crippen LogP) is 9.65. The second-order valence-electron chi connectivity index (χ2n) is 8.79. The number of benzene rings is 5. The Morgan fingerprint density at radius 3 is 2.19 bits per heavy atom. The van der Waals surface area contributed by atoms with Gasteiger partial charge in [-0.15, -0.1) is 11.3 Å². The highest BCUT2D eigenvalue weighted by Gasteiger charge is 2.17. The second kappa shape index (κ2) is 8.56. The monoisotopic (exact) mass is 498 g/mol. The zero-order chi connectivity index (χ0) is 24.1. The van der Waals surface area contributed by atoms with Crippen LogP contribution < -0.4 is 0 Å². The first-order valence-corrected chi connectivity index (χ1v) is 13.0. The van der Waals surface area contributed by atoms with Gasteiger partial charge >= 0.3 is 0 Å². The van der Waals surface area contributed by atoms with E-state index in [2.05, 4.69) is 103 Å². The lowest BCUT2D eigenvalue weighted by Crippen LogP contribution is -1.94. The van der Waals surface area contributed by atoms with E-state index in [4.69, 9.17) is 21.6 Å². The van der Waals surface area contributed by atoms with Crippen LogP contribution >= 0.6 is 22.9 Å². The predicted molar refractivity (Wildman–Crippen MR) is 154 cm³/mol. The van der Waals surface area contributed by atoms with Gasteiger partial charge in [-0.05, 0) is 46.2 Å². The molecule has 0 amide bonds. The van der Waals surface area contributed by atoms with Crippen molar-refractivity contribution in [1.29, 1.82) is 0 Å². The van der Waals surface area contributed by atoms with Crippen molar-refractivity contribution in [3.05, 3.63) is 120 Å². The molecule has 170 valence electrons. The van der Waals surface area contributed by atoms with Crippen molar-refractivity contribution in [2.24, 2.45) is 0 Å². The van der Waals surface area contributed by atoms with Crippen molar-refractivity contribution in [2.45, 2.75) is 0 Å². The van der Waals surface area contributed by atoms with Crippen LogP contribution in [0, 0.1) is 0 Å². The molecule has 0 fully saturated rings. The van der Waals surface area contributed by atoms with Crippen molar-refractivity contribution in [1.82, 2.24) is 9.97 Å². The first-order valence-electron chi connectivity index (χ1n) is 11.8. The maximum atomic E-state index is 6.13. The smallest absolute Gasteiger partial charge is 0.161 e. The molecule has 0 atom stereocenters. The van der Waals surface area contributed by atoms with E-state index in [0.717, 1.165) is 59.8 Å². The Labute approximate surface area is 217 Å². The molecule has 36 heavy (non-hydrogen) atoms.